The number of hydrogen-bond donors (Lipinski definition) is 1. The van der Waals surface area contributed by atoms with Crippen LogP contribution in [0.2, 0.25) is 20.1 Å². The summed E-state index contributed by atoms with van der Waals surface area (Å²) in [5, 5.41) is 9.61. The lowest BCUT2D eigenvalue weighted by atomic mass is 10.1. The Balaban J connectivity index is 0.000000244. The van der Waals surface area contributed by atoms with Gasteiger partial charge in [0.15, 0.2) is 0 Å². The maximum atomic E-state index is 12.5. The standard InChI is InChI=1S/C17H12Cl2N2O3.C9H10Cl2N2O/c1-24-20-15(13-7-6-10(18)8-14(13)19)9-21-16(22)11-4-2-3-5-12(11)17(21)23;1-14-13-9(5-12)7-3-2-6(10)4-8(7)11/h2-8H,9H2,1H3;2-4H,5,12H2,1H3. The molecule has 12 heteroatoms. The Kier molecular flexibility index (Phi) is 10.5. The van der Waals surface area contributed by atoms with Crippen molar-refractivity contribution in [3.05, 3.63) is 103 Å². The molecule has 0 radical (unpaired) electrons. The number of fused-ring (bicyclic) bond motifs is 1. The predicted octanol–water partition coefficient (Wildman–Crippen LogP) is 5.94. The maximum absolute atomic E-state index is 12.5. The van der Waals surface area contributed by atoms with Gasteiger partial charge in [0.05, 0.1) is 27.7 Å². The van der Waals surface area contributed by atoms with Crippen LogP contribution in [-0.2, 0) is 9.68 Å². The molecule has 2 amide bonds. The van der Waals surface area contributed by atoms with Gasteiger partial charge in [-0.2, -0.15) is 0 Å². The monoisotopic (exact) mass is 594 g/mol. The highest BCUT2D eigenvalue weighted by Crippen LogP contribution is 2.26. The number of benzene rings is 3. The third-order valence-corrected chi connectivity index (χ3v) is 6.36. The molecule has 0 aliphatic carbocycles. The summed E-state index contributed by atoms with van der Waals surface area (Å²) < 4.78 is 0. The van der Waals surface area contributed by atoms with Gasteiger partial charge in [-0.1, -0.05) is 68.8 Å². The van der Waals surface area contributed by atoms with Gasteiger partial charge in [0.25, 0.3) is 11.8 Å². The Bertz CT molecular complexity index is 1380. The van der Waals surface area contributed by atoms with Gasteiger partial charge < -0.3 is 15.4 Å². The van der Waals surface area contributed by atoms with Gasteiger partial charge in [-0.3, -0.25) is 14.5 Å². The second kappa shape index (κ2) is 13.6. The fourth-order valence-electron chi connectivity index (χ4n) is 3.56. The Morgan fingerprint density at radius 3 is 1.63 bits per heavy atom. The van der Waals surface area contributed by atoms with Gasteiger partial charge >= 0.3 is 0 Å². The molecular formula is C26H22Cl4N4O4. The molecule has 0 saturated heterocycles. The van der Waals surface area contributed by atoms with Crippen LogP contribution in [0.25, 0.3) is 0 Å². The number of hydrogen-bond acceptors (Lipinski definition) is 7. The molecular weight excluding hydrogens is 574 g/mol. The Hall–Kier alpha value is -3.14. The van der Waals surface area contributed by atoms with E-state index in [4.69, 9.17) is 57.0 Å². The minimum atomic E-state index is -0.371. The molecule has 8 nitrogen and oxygen atoms in total. The molecule has 2 N–H and O–H groups in total. The van der Waals surface area contributed by atoms with Crippen LogP contribution in [0.3, 0.4) is 0 Å². The summed E-state index contributed by atoms with van der Waals surface area (Å²) in [5.41, 5.74) is 8.47. The van der Waals surface area contributed by atoms with E-state index in [9.17, 15) is 9.59 Å². The van der Waals surface area contributed by atoms with Crippen molar-refractivity contribution in [3.8, 4) is 0 Å². The van der Waals surface area contributed by atoms with E-state index in [0.717, 1.165) is 10.5 Å². The lowest BCUT2D eigenvalue weighted by molar-refractivity contribution is 0.0676. The van der Waals surface area contributed by atoms with E-state index in [0.29, 0.717) is 48.2 Å². The molecule has 38 heavy (non-hydrogen) atoms. The molecule has 0 saturated carbocycles. The largest absolute Gasteiger partial charge is 0.399 e. The van der Waals surface area contributed by atoms with Crippen LogP contribution in [0.1, 0.15) is 31.8 Å². The number of amides is 2. The van der Waals surface area contributed by atoms with E-state index in [1.807, 2.05) is 0 Å². The molecule has 4 rings (SSSR count). The second-order valence-corrected chi connectivity index (χ2v) is 9.32. The van der Waals surface area contributed by atoms with E-state index in [-0.39, 0.29) is 24.9 Å². The summed E-state index contributed by atoms with van der Waals surface area (Å²) in [6.07, 6.45) is 0. The Morgan fingerprint density at radius 1 is 0.763 bits per heavy atom. The summed E-state index contributed by atoms with van der Waals surface area (Å²) in [5.74, 6) is -0.742. The van der Waals surface area contributed by atoms with E-state index < -0.39 is 0 Å². The van der Waals surface area contributed by atoms with Gasteiger partial charge in [0, 0.05) is 27.7 Å². The van der Waals surface area contributed by atoms with Crippen molar-refractivity contribution < 1.29 is 19.3 Å². The number of nitrogens with two attached hydrogens (primary N) is 1. The van der Waals surface area contributed by atoms with Crippen molar-refractivity contribution in [2.24, 2.45) is 16.0 Å². The molecule has 198 valence electrons. The third kappa shape index (κ3) is 6.83. The highest BCUT2D eigenvalue weighted by molar-refractivity contribution is 6.38. The lowest BCUT2D eigenvalue weighted by Gasteiger charge is -2.16. The zero-order valence-corrected chi connectivity index (χ0v) is 23.3. The molecule has 3 aromatic rings. The summed E-state index contributed by atoms with van der Waals surface area (Å²) in [4.78, 5) is 35.6. The first-order chi connectivity index (χ1) is 18.2. The van der Waals surface area contributed by atoms with E-state index in [1.165, 1.54) is 14.2 Å². The second-order valence-electron chi connectivity index (χ2n) is 7.64. The van der Waals surface area contributed by atoms with Gasteiger partial charge in [-0.15, -0.1) is 0 Å². The first kappa shape index (κ1) is 29.4. The van der Waals surface area contributed by atoms with Crippen LogP contribution >= 0.6 is 46.4 Å². The van der Waals surface area contributed by atoms with Crippen LogP contribution in [0.5, 0.6) is 0 Å². The molecule has 1 aliphatic heterocycles. The summed E-state index contributed by atoms with van der Waals surface area (Å²) in [6, 6.07) is 16.7. The summed E-state index contributed by atoms with van der Waals surface area (Å²) in [7, 11) is 2.84. The van der Waals surface area contributed by atoms with E-state index >= 15 is 0 Å². The van der Waals surface area contributed by atoms with Crippen LogP contribution in [0.4, 0.5) is 0 Å². The fourth-order valence-corrected chi connectivity index (χ4v) is 4.59. The first-order valence-corrected chi connectivity index (χ1v) is 12.5. The first-order valence-electron chi connectivity index (χ1n) is 11.0. The summed E-state index contributed by atoms with van der Waals surface area (Å²) in [6.45, 7) is 0.205. The zero-order valence-electron chi connectivity index (χ0n) is 20.3. The molecule has 1 aliphatic rings. The lowest BCUT2D eigenvalue weighted by Crippen LogP contribution is -2.35. The maximum Gasteiger partial charge on any atom is 0.261 e. The Labute approximate surface area is 239 Å². The molecule has 0 aromatic heterocycles. The van der Waals surface area contributed by atoms with Gasteiger partial charge in [-0.05, 0) is 48.5 Å². The van der Waals surface area contributed by atoms with E-state index in [1.54, 1.807) is 60.7 Å². The van der Waals surface area contributed by atoms with Crippen LogP contribution in [0, 0.1) is 0 Å². The number of rotatable bonds is 7. The van der Waals surface area contributed by atoms with Crippen molar-refractivity contribution >= 4 is 69.6 Å². The average molecular weight is 596 g/mol. The molecule has 3 aromatic carbocycles. The highest BCUT2D eigenvalue weighted by Gasteiger charge is 2.36. The van der Waals surface area contributed by atoms with Crippen molar-refractivity contribution in [3.63, 3.8) is 0 Å². The van der Waals surface area contributed by atoms with Crippen molar-refractivity contribution in [2.45, 2.75) is 0 Å². The van der Waals surface area contributed by atoms with Gasteiger partial charge in [0.1, 0.15) is 25.6 Å². The number of carbonyl (C=O) groups excluding carboxylic acids is 2. The van der Waals surface area contributed by atoms with Crippen LogP contribution in [-0.4, -0.2) is 55.4 Å². The van der Waals surface area contributed by atoms with Crippen molar-refractivity contribution in [1.29, 1.82) is 0 Å². The fraction of sp³-hybridized carbons (Fsp3) is 0.154. The normalized spacial score (nSPS) is 13.2. The molecule has 0 fully saturated rings. The highest BCUT2D eigenvalue weighted by atomic mass is 35.5. The van der Waals surface area contributed by atoms with Crippen molar-refractivity contribution in [1.82, 2.24) is 4.90 Å². The quantitative estimate of drug-likeness (QED) is 0.207. The smallest absolute Gasteiger partial charge is 0.261 e. The number of oxime groups is 2. The zero-order chi connectivity index (χ0) is 27.8. The average Bonchev–Trinajstić information content (AvgIpc) is 3.13. The molecule has 0 unspecified atom stereocenters. The summed E-state index contributed by atoms with van der Waals surface area (Å²) >= 11 is 23.8. The molecule has 0 bridgehead atoms. The van der Waals surface area contributed by atoms with Crippen LogP contribution in [0.15, 0.2) is 71.0 Å². The Morgan fingerprint density at radius 2 is 1.21 bits per heavy atom. The van der Waals surface area contributed by atoms with Crippen LogP contribution < -0.4 is 5.73 Å². The number of halogens is 4. The van der Waals surface area contributed by atoms with Crippen molar-refractivity contribution in [2.75, 3.05) is 27.3 Å². The van der Waals surface area contributed by atoms with E-state index in [2.05, 4.69) is 15.1 Å². The molecule has 0 atom stereocenters. The third-order valence-electron chi connectivity index (χ3n) is 5.27. The SMILES string of the molecule is CON=C(CN)c1ccc(Cl)cc1Cl.CON=C(CN1C(=O)c2ccccc2C1=O)c1ccc(Cl)cc1Cl. The molecule has 0 spiro atoms. The number of carbonyl (C=O) groups is 2. The minimum Gasteiger partial charge on any atom is -0.399 e. The predicted molar refractivity (Wildman–Crippen MR) is 151 cm³/mol. The molecule has 1 heterocycles. The number of nitrogens with zero attached hydrogens (tertiary/aromatic N) is 3. The minimum absolute atomic E-state index is 0.0540. The number of imide groups is 1. The van der Waals surface area contributed by atoms with Gasteiger partial charge in [0.2, 0.25) is 0 Å². The topological polar surface area (TPSA) is 107 Å². The van der Waals surface area contributed by atoms with Gasteiger partial charge in [-0.25, -0.2) is 0 Å².